The second kappa shape index (κ2) is 9.35. The Labute approximate surface area is 183 Å². The monoisotopic (exact) mass is 499 g/mol. The van der Waals surface area contributed by atoms with Crippen molar-refractivity contribution < 1.29 is 41.1 Å². The molecule has 0 aromatic heterocycles. The largest absolute Gasteiger partial charge is 0.611 e. The van der Waals surface area contributed by atoms with E-state index in [1.165, 1.54) is 24.3 Å². The Morgan fingerprint density at radius 3 is 2.19 bits per heavy atom. The molecule has 2 aromatic rings. The highest BCUT2D eigenvalue weighted by Gasteiger charge is 2.55. The number of aliphatic hydroxyl groups is 2. The molecular weight excluding hydrogens is 483 g/mol. The molecule has 0 saturated heterocycles. The van der Waals surface area contributed by atoms with Gasteiger partial charge in [0.2, 0.25) is 15.4 Å². The third kappa shape index (κ3) is 5.51. The van der Waals surface area contributed by atoms with E-state index < -0.39 is 38.7 Å². The van der Waals surface area contributed by atoms with Gasteiger partial charge in [0.25, 0.3) is 5.91 Å². The number of halogens is 4. The number of sulfone groups is 1. The fourth-order valence-electron chi connectivity index (χ4n) is 2.24. The van der Waals surface area contributed by atoms with E-state index in [1.54, 1.807) is 0 Å². The Morgan fingerprint density at radius 2 is 1.71 bits per heavy atom. The zero-order valence-corrected chi connectivity index (χ0v) is 18.2. The molecule has 2 atom stereocenters. The summed E-state index contributed by atoms with van der Waals surface area (Å²) in [6, 6.07) is 8.03. The lowest BCUT2D eigenvalue weighted by Gasteiger charge is -2.25. The lowest BCUT2D eigenvalue weighted by molar-refractivity contribution is -0.242. The van der Waals surface area contributed by atoms with Crippen LogP contribution in [0.25, 0.3) is 0 Å². The van der Waals surface area contributed by atoms with Crippen LogP contribution in [0.4, 0.5) is 18.9 Å². The average molecular weight is 500 g/mol. The first kappa shape index (κ1) is 25.4. The van der Waals surface area contributed by atoms with E-state index >= 15 is 0 Å². The normalized spacial score (nSPS) is 15.2. The van der Waals surface area contributed by atoms with E-state index in [2.05, 4.69) is 0 Å². The number of benzene rings is 2. The van der Waals surface area contributed by atoms with Crippen LogP contribution in [0.5, 0.6) is 0 Å². The molecule has 0 bridgehead atoms. The Morgan fingerprint density at radius 1 is 1.16 bits per heavy atom. The van der Waals surface area contributed by atoms with Crippen molar-refractivity contribution in [1.82, 2.24) is 0 Å². The number of rotatable bonds is 7. The van der Waals surface area contributed by atoms with Gasteiger partial charge in [0.05, 0.1) is 27.1 Å². The second-order valence-corrected chi connectivity index (χ2v) is 10.3. The van der Waals surface area contributed by atoms with Gasteiger partial charge in [0.15, 0.2) is 4.90 Å². The summed E-state index contributed by atoms with van der Waals surface area (Å²) in [4.78, 5) is 11.6. The fraction of sp³-hybridized carbons (Fsp3) is 0.278. The molecule has 2 rings (SSSR count). The van der Waals surface area contributed by atoms with Crippen LogP contribution in [0.15, 0.2) is 57.2 Å². The van der Waals surface area contributed by atoms with Crippen LogP contribution in [-0.4, -0.2) is 53.2 Å². The Balaban J connectivity index is 2.28. The summed E-state index contributed by atoms with van der Waals surface area (Å²) in [6.45, 7) is -0.0290. The molecule has 0 aliphatic rings. The first-order chi connectivity index (χ1) is 14.2. The van der Waals surface area contributed by atoms with Crippen molar-refractivity contribution in [1.29, 1.82) is 0 Å². The van der Waals surface area contributed by atoms with Gasteiger partial charge in [-0.2, -0.15) is 13.2 Å². The third-order valence-corrected chi connectivity index (χ3v) is 7.60. The van der Waals surface area contributed by atoms with Gasteiger partial charge in [-0.1, -0.05) is 11.6 Å². The predicted molar refractivity (Wildman–Crippen MR) is 107 cm³/mol. The van der Waals surface area contributed by atoms with Gasteiger partial charge < -0.3 is 20.1 Å². The summed E-state index contributed by atoms with van der Waals surface area (Å²) in [5.41, 5.74) is -4.01. The summed E-state index contributed by atoms with van der Waals surface area (Å²) in [7, 11) is -4.09. The lowest BCUT2D eigenvalue weighted by atomic mass is 10.1. The summed E-state index contributed by atoms with van der Waals surface area (Å²) < 4.78 is 75.7. The first-order valence-electron chi connectivity index (χ1n) is 8.46. The van der Waals surface area contributed by atoms with E-state index in [4.69, 9.17) is 16.7 Å². The van der Waals surface area contributed by atoms with Gasteiger partial charge in [-0.3, -0.25) is 4.79 Å². The molecule has 0 aliphatic carbocycles. The maximum absolute atomic E-state index is 12.8. The summed E-state index contributed by atoms with van der Waals surface area (Å²) in [5, 5.41) is 19.7. The number of carbonyl (C=O) groups is 1. The number of amides is 1. The predicted octanol–water partition coefficient (Wildman–Crippen LogP) is 2.52. The zero-order chi connectivity index (χ0) is 23.6. The van der Waals surface area contributed by atoms with Crippen LogP contribution < -0.4 is 5.32 Å². The van der Waals surface area contributed by atoms with Crippen molar-refractivity contribution in [2.24, 2.45) is 0 Å². The van der Waals surface area contributed by atoms with Crippen molar-refractivity contribution in [3.63, 3.8) is 0 Å². The number of alkyl halides is 3. The Bertz CT molecular complexity index is 1060. The van der Waals surface area contributed by atoms with Crippen LogP contribution in [0, 0.1) is 0 Å². The minimum absolute atomic E-state index is 0.00386. The van der Waals surface area contributed by atoms with Crippen molar-refractivity contribution in [3.05, 3.63) is 47.5 Å². The van der Waals surface area contributed by atoms with Crippen molar-refractivity contribution in [2.45, 2.75) is 33.4 Å². The summed E-state index contributed by atoms with van der Waals surface area (Å²) in [6.07, 6.45) is -5.24. The minimum atomic E-state index is -5.24. The molecule has 31 heavy (non-hydrogen) atoms. The molecule has 0 radical (unpaired) electrons. The zero-order valence-electron chi connectivity index (χ0n) is 15.8. The molecule has 0 fully saturated rings. The molecule has 0 spiro atoms. The van der Waals surface area contributed by atoms with Crippen molar-refractivity contribution in [2.75, 3.05) is 17.7 Å². The molecule has 13 heteroatoms. The van der Waals surface area contributed by atoms with E-state index in [9.17, 15) is 36.0 Å². The summed E-state index contributed by atoms with van der Waals surface area (Å²) in [5.74, 6) is -1.79. The van der Waals surface area contributed by atoms with Gasteiger partial charge in [-0.15, -0.1) is 0 Å². The third-order valence-electron chi connectivity index (χ3n) is 4.17. The van der Waals surface area contributed by atoms with Gasteiger partial charge in [0.1, 0.15) is 5.75 Å². The van der Waals surface area contributed by atoms with Crippen LogP contribution in [0.1, 0.15) is 6.92 Å². The standard InChI is InChI=1S/C18H17ClF3NO6S2/c1-17(26,18(20,21)22)16(25)23-15-7-6-13(10-14(15)19)31(28,29)12-4-2-11(3-5-12)30(27)9-8-24/h2-7,10,24,26H,8-9H2,1H3,(H,23,25)/t17-,30?/m1/s1. The molecule has 1 amide bonds. The number of hydrogen-bond acceptors (Lipinski definition) is 6. The highest BCUT2D eigenvalue weighted by molar-refractivity contribution is 7.92. The van der Waals surface area contributed by atoms with Crippen molar-refractivity contribution >= 4 is 44.2 Å². The number of hydrogen-bond donors (Lipinski definition) is 3. The van der Waals surface area contributed by atoms with E-state index in [0.717, 1.165) is 18.2 Å². The molecule has 0 heterocycles. The molecule has 1 unspecified atom stereocenters. The minimum Gasteiger partial charge on any atom is -0.611 e. The molecule has 0 aliphatic heterocycles. The average Bonchev–Trinajstić information content (AvgIpc) is 2.68. The number of aliphatic hydroxyl groups excluding tert-OH is 1. The molecular formula is C18H17ClF3NO6S2. The fourth-order valence-corrected chi connectivity index (χ4v) is 4.66. The molecule has 3 N–H and O–H groups in total. The quantitative estimate of drug-likeness (QED) is 0.502. The number of carbonyl (C=O) groups excluding carboxylic acids is 1. The van der Waals surface area contributed by atoms with Gasteiger partial charge in [-0.05, 0) is 60.6 Å². The molecule has 0 saturated carbocycles. The van der Waals surface area contributed by atoms with Gasteiger partial charge in [-0.25, -0.2) is 8.42 Å². The Hall–Kier alpha value is -1.83. The van der Waals surface area contributed by atoms with E-state index in [1.807, 2.05) is 5.32 Å². The number of anilines is 1. The smallest absolute Gasteiger partial charge is 0.426 e. The maximum atomic E-state index is 12.8. The highest BCUT2D eigenvalue weighted by Crippen LogP contribution is 2.33. The molecule has 170 valence electrons. The lowest BCUT2D eigenvalue weighted by Crippen LogP contribution is -2.52. The SMILES string of the molecule is C[C@@](O)(C(=O)Nc1ccc(S(=O)(=O)c2ccc([S+]([O-])CCO)cc2)cc1Cl)C(F)(F)F. The van der Waals surface area contributed by atoms with Crippen LogP contribution >= 0.6 is 11.6 Å². The topological polar surface area (TPSA) is 127 Å². The summed E-state index contributed by atoms with van der Waals surface area (Å²) >= 11 is 4.43. The second-order valence-electron chi connectivity index (χ2n) is 6.41. The first-order valence-corrected chi connectivity index (χ1v) is 11.6. The number of nitrogens with one attached hydrogen (secondary N) is 1. The van der Waals surface area contributed by atoms with Crippen LogP contribution in [0.3, 0.4) is 0 Å². The van der Waals surface area contributed by atoms with E-state index in [-0.39, 0.29) is 39.8 Å². The van der Waals surface area contributed by atoms with Crippen molar-refractivity contribution in [3.8, 4) is 0 Å². The van der Waals surface area contributed by atoms with E-state index in [0.29, 0.717) is 4.90 Å². The van der Waals surface area contributed by atoms with Gasteiger partial charge in [0, 0.05) is 0 Å². The molecule has 2 aromatic carbocycles. The Kier molecular flexibility index (Phi) is 7.67. The van der Waals surface area contributed by atoms with Crippen LogP contribution in [-0.2, 0) is 25.8 Å². The highest BCUT2D eigenvalue weighted by atomic mass is 35.5. The van der Waals surface area contributed by atoms with Crippen LogP contribution in [0.2, 0.25) is 5.02 Å². The molecule has 7 nitrogen and oxygen atoms in total. The maximum Gasteiger partial charge on any atom is 0.426 e. The van der Waals surface area contributed by atoms with Gasteiger partial charge >= 0.3 is 6.18 Å².